The van der Waals surface area contributed by atoms with Crippen molar-refractivity contribution in [2.24, 2.45) is 0 Å². The molecule has 4 heteroatoms. The summed E-state index contributed by atoms with van der Waals surface area (Å²) in [7, 11) is 0. The molecule has 2 rings (SSSR count). The predicted octanol–water partition coefficient (Wildman–Crippen LogP) is 2.12. The van der Waals surface area contributed by atoms with Crippen LogP contribution in [0.2, 0.25) is 5.02 Å². The minimum Gasteiger partial charge on any atom is -0.389 e. The van der Waals surface area contributed by atoms with Crippen LogP contribution in [0.1, 0.15) is 25.3 Å². The maximum atomic E-state index is 10.6. The Hall–Kier alpha value is -0.640. The second-order valence-corrected chi connectivity index (χ2v) is 5.21. The third-order valence-corrected chi connectivity index (χ3v) is 3.95. The van der Waals surface area contributed by atoms with Gasteiger partial charge in [0, 0.05) is 31.9 Å². The molecular formula is C13H19ClN2O. The van der Waals surface area contributed by atoms with Crippen LogP contribution in [0.15, 0.2) is 18.5 Å². The van der Waals surface area contributed by atoms with Gasteiger partial charge in [-0.15, -0.1) is 0 Å². The predicted molar refractivity (Wildman–Crippen MR) is 69.2 cm³/mol. The first-order valence-corrected chi connectivity index (χ1v) is 6.54. The van der Waals surface area contributed by atoms with Gasteiger partial charge in [0.2, 0.25) is 0 Å². The molecule has 0 atom stereocenters. The summed E-state index contributed by atoms with van der Waals surface area (Å²) >= 11 is 6.08. The zero-order valence-electron chi connectivity index (χ0n) is 10.2. The zero-order valence-corrected chi connectivity index (χ0v) is 11.0. The van der Waals surface area contributed by atoms with Crippen molar-refractivity contribution in [3.05, 3.63) is 29.0 Å². The first-order valence-electron chi connectivity index (χ1n) is 6.16. The van der Waals surface area contributed by atoms with Crippen molar-refractivity contribution in [1.82, 2.24) is 9.88 Å². The molecule has 1 N–H and O–H groups in total. The fourth-order valence-corrected chi connectivity index (χ4v) is 2.55. The number of likely N-dealkylation sites (tertiary alicyclic amines) is 1. The highest BCUT2D eigenvalue weighted by molar-refractivity contribution is 6.31. The van der Waals surface area contributed by atoms with E-state index in [9.17, 15) is 5.11 Å². The van der Waals surface area contributed by atoms with Crippen molar-refractivity contribution in [3.63, 3.8) is 0 Å². The van der Waals surface area contributed by atoms with Crippen LogP contribution in [0.25, 0.3) is 0 Å². The molecule has 0 aromatic carbocycles. The Labute approximate surface area is 107 Å². The van der Waals surface area contributed by atoms with Crippen LogP contribution in [0, 0.1) is 0 Å². The summed E-state index contributed by atoms with van der Waals surface area (Å²) in [6, 6.07) is 1.90. The fourth-order valence-electron chi connectivity index (χ4n) is 2.36. The lowest BCUT2D eigenvalue weighted by Gasteiger charge is -2.38. The van der Waals surface area contributed by atoms with E-state index < -0.39 is 5.60 Å². The highest BCUT2D eigenvalue weighted by Crippen LogP contribution is 2.28. The van der Waals surface area contributed by atoms with E-state index >= 15 is 0 Å². The monoisotopic (exact) mass is 254 g/mol. The first-order chi connectivity index (χ1) is 8.13. The number of hydrogen-bond donors (Lipinski definition) is 1. The molecule has 1 aromatic heterocycles. The van der Waals surface area contributed by atoms with E-state index in [2.05, 4.69) is 16.8 Å². The van der Waals surface area contributed by atoms with E-state index in [-0.39, 0.29) is 0 Å². The van der Waals surface area contributed by atoms with E-state index in [1.165, 1.54) is 0 Å². The zero-order chi connectivity index (χ0) is 12.3. The Morgan fingerprint density at radius 2 is 2.18 bits per heavy atom. The second-order valence-electron chi connectivity index (χ2n) is 4.80. The molecule has 0 bridgehead atoms. The van der Waals surface area contributed by atoms with Crippen LogP contribution >= 0.6 is 11.6 Å². The molecule has 0 radical (unpaired) electrons. The molecule has 0 unspecified atom stereocenters. The number of halogens is 1. The lowest BCUT2D eigenvalue weighted by molar-refractivity contribution is -0.0194. The number of aromatic nitrogens is 1. The smallest absolute Gasteiger partial charge is 0.0712 e. The molecule has 3 nitrogen and oxygen atoms in total. The lowest BCUT2D eigenvalue weighted by Crippen LogP contribution is -2.45. The van der Waals surface area contributed by atoms with Gasteiger partial charge in [-0.25, -0.2) is 0 Å². The van der Waals surface area contributed by atoms with Gasteiger partial charge in [-0.1, -0.05) is 18.5 Å². The minimum atomic E-state index is -0.601. The van der Waals surface area contributed by atoms with Gasteiger partial charge in [0.05, 0.1) is 10.6 Å². The van der Waals surface area contributed by atoms with Crippen molar-refractivity contribution in [2.45, 2.75) is 31.8 Å². The molecule has 1 fully saturated rings. The van der Waals surface area contributed by atoms with E-state index in [0.29, 0.717) is 11.4 Å². The number of piperidine rings is 1. The molecule has 2 heterocycles. The van der Waals surface area contributed by atoms with Crippen LogP contribution in [0.5, 0.6) is 0 Å². The molecule has 0 aliphatic carbocycles. The summed E-state index contributed by atoms with van der Waals surface area (Å²) in [6.45, 7) is 5.15. The summed E-state index contributed by atoms with van der Waals surface area (Å²) in [6.07, 6.45) is 5.64. The fraction of sp³-hybridized carbons (Fsp3) is 0.615. The maximum Gasteiger partial charge on any atom is 0.0712 e. The molecule has 0 saturated carbocycles. The summed E-state index contributed by atoms with van der Waals surface area (Å²) in [5.41, 5.74) is 0.394. The third kappa shape index (κ3) is 3.18. The van der Waals surface area contributed by atoms with E-state index in [4.69, 9.17) is 11.6 Å². The Kier molecular flexibility index (Phi) is 4.02. The van der Waals surface area contributed by atoms with Crippen molar-refractivity contribution >= 4 is 11.6 Å². The average molecular weight is 255 g/mol. The number of nitrogens with zero attached hydrogens (tertiary/aromatic N) is 2. The topological polar surface area (TPSA) is 36.4 Å². The molecule has 94 valence electrons. The summed E-state index contributed by atoms with van der Waals surface area (Å²) < 4.78 is 0. The molecule has 0 spiro atoms. The molecule has 0 amide bonds. The Balaban J connectivity index is 2.01. The van der Waals surface area contributed by atoms with Gasteiger partial charge in [-0.2, -0.15) is 0 Å². The van der Waals surface area contributed by atoms with Crippen molar-refractivity contribution in [1.29, 1.82) is 0 Å². The van der Waals surface area contributed by atoms with Crippen LogP contribution < -0.4 is 0 Å². The summed E-state index contributed by atoms with van der Waals surface area (Å²) in [4.78, 5) is 6.33. The van der Waals surface area contributed by atoms with Crippen molar-refractivity contribution in [3.8, 4) is 0 Å². The number of rotatable bonds is 3. The Bertz CT molecular complexity index is 375. The lowest BCUT2D eigenvalue weighted by atomic mass is 9.85. The van der Waals surface area contributed by atoms with E-state index in [1.54, 1.807) is 12.4 Å². The number of hydrogen-bond acceptors (Lipinski definition) is 3. The maximum absolute atomic E-state index is 10.6. The second kappa shape index (κ2) is 5.34. The third-order valence-electron chi connectivity index (χ3n) is 3.61. The largest absolute Gasteiger partial charge is 0.389 e. The highest BCUT2D eigenvalue weighted by Gasteiger charge is 2.32. The van der Waals surface area contributed by atoms with Gasteiger partial charge in [-0.3, -0.25) is 4.98 Å². The van der Waals surface area contributed by atoms with Crippen LogP contribution in [-0.4, -0.2) is 40.2 Å². The van der Waals surface area contributed by atoms with Gasteiger partial charge in [-0.05, 0) is 31.0 Å². The van der Waals surface area contributed by atoms with Gasteiger partial charge < -0.3 is 10.0 Å². The first kappa shape index (κ1) is 12.8. The number of aliphatic hydroxyl groups is 1. The molecule has 17 heavy (non-hydrogen) atoms. The van der Waals surface area contributed by atoms with Gasteiger partial charge >= 0.3 is 0 Å². The molecular weight excluding hydrogens is 236 g/mol. The van der Waals surface area contributed by atoms with Crippen LogP contribution in [-0.2, 0) is 6.42 Å². The van der Waals surface area contributed by atoms with Crippen molar-refractivity contribution < 1.29 is 5.11 Å². The normalized spacial score (nSPS) is 20.4. The van der Waals surface area contributed by atoms with Gasteiger partial charge in [0.25, 0.3) is 0 Å². The molecule has 1 aliphatic rings. The standard InChI is InChI=1S/C13H19ClN2O/c1-2-16-7-4-13(17,5-8-16)9-11-3-6-15-10-12(11)14/h3,6,10,17H,2,4-5,7-9H2,1H3. The van der Waals surface area contributed by atoms with Crippen LogP contribution in [0.4, 0.5) is 0 Å². The molecule has 1 saturated heterocycles. The summed E-state index contributed by atoms with van der Waals surface area (Å²) in [5.74, 6) is 0. The SMILES string of the molecule is CCN1CCC(O)(Cc2ccncc2Cl)CC1. The van der Waals surface area contributed by atoms with Crippen LogP contribution in [0.3, 0.4) is 0 Å². The van der Waals surface area contributed by atoms with Gasteiger partial charge in [0.1, 0.15) is 0 Å². The molecule has 1 aliphatic heterocycles. The van der Waals surface area contributed by atoms with Crippen molar-refractivity contribution in [2.75, 3.05) is 19.6 Å². The molecule has 1 aromatic rings. The quantitative estimate of drug-likeness (QED) is 0.898. The number of pyridine rings is 1. The van der Waals surface area contributed by atoms with E-state index in [1.807, 2.05) is 6.07 Å². The van der Waals surface area contributed by atoms with Gasteiger partial charge in [0.15, 0.2) is 0 Å². The average Bonchev–Trinajstić information content (AvgIpc) is 2.33. The summed E-state index contributed by atoms with van der Waals surface area (Å²) in [5, 5.41) is 11.2. The Morgan fingerprint density at radius 3 is 2.76 bits per heavy atom. The Morgan fingerprint density at radius 1 is 1.47 bits per heavy atom. The minimum absolute atomic E-state index is 0.601. The van der Waals surface area contributed by atoms with E-state index in [0.717, 1.165) is 38.0 Å². The highest BCUT2D eigenvalue weighted by atomic mass is 35.5.